The Morgan fingerprint density at radius 3 is 2.71 bits per heavy atom. The molecule has 1 N–H and O–H groups in total. The van der Waals surface area contributed by atoms with Crippen LogP contribution >= 0.6 is 11.8 Å². The molecule has 84 valence electrons. The van der Waals surface area contributed by atoms with Gasteiger partial charge in [0.1, 0.15) is 0 Å². The Morgan fingerprint density at radius 2 is 2.21 bits per heavy atom. The lowest BCUT2D eigenvalue weighted by atomic mass is 10.3. The van der Waals surface area contributed by atoms with E-state index in [0.29, 0.717) is 5.75 Å². The second kappa shape index (κ2) is 8.12. The molecule has 0 saturated carbocycles. The molecule has 1 atom stereocenters. The Bertz CT molecular complexity index is 164. The first kappa shape index (κ1) is 13.8. The van der Waals surface area contributed by atoms with Crippen molar-refractivity contribution in [1.29, 1.82) is 0 Å². The molecule has 1 unspecified atom stereocenters. The Labute approximate surface area is 90.9 Å². The van der Waals surface area contributed by atoms with Gasteiger partial charge in [0.2, 0.25) is 5.91 Å². The number of amides is 1. The van der Waals surface area contributed by atoms with Gasteiger partial charge in [-0.3, -0.25) is 4.79 Å². The summed E-state index contributed by atoms with van der Waals surface area (Å²) in [6, 6.07) is -0.0747. The van der Waals surface area contributed by atoms with Crippen molar-refractivity contribution in [3.8, 4) is 0 Å². The quantitative estimate of drug-likeness (QED) is 0.657. The number of carbonyl (C=O) groups is 1. The van der Waals surface area contributed by atoms with Crippen molar-refractivity contribution in [2.45, 2.75) is 32.7 Å². The van der Waals surface area contributed by atoms with Gasteiger partial charge in [0.15, 0.2) is 0 Å². The summed E-state index contributed by atoms with van der Waals surface area (Å²) in [4.78, 5) is 13.1. The summed E-state index contributed by atoms with van der Waals surface area (Å²) in [6.07, 6.45) is 2.33. The average Bonchev–Trinajstić information content (AvgIpc) is 2.21. The maximum Gasteiger partial charge on any atom is 0.232 e. The molecule has 0 radical (unpaired) electrons. The zero-order chi connectivity index (χ0) is 11.0. The Hall–Kier alpha value is -0.220. The van der Waals surface area contributed by atoms with Gasteiger partial charge in [0, 0.05) is 7.05 Å². The largest absolute Gasteiger partial charge is 0.394 e. The molecule has 1 amide bonds. The number of aliphatic hydroxyl groups is 1. The predicted molar refractivity (Wildman–Crippen MR) is 61.6 cm³/mol. The summed E-state index contributed by atoms with van der Waals surface area (Å²) < 4.78 is 0. The fourth-order valence-electron chi connectivity index (χ4n) is 0.876. The van der Waals surface area contributed by atoms with Crippen LogP contribution in [-0.2, 0) is 4.79 Å². The standard InChI is InChI=1S/C10H21NO2S/c1-4-5-6-14-8-10(13)11(3)9(2)7-12/h9,12H,4-8H2,1-3H3. The molecule has 0 saturated heterocycles. The van der Waals surface area contributed by atoms with Crippen LogP contribution in [0.15, 0.2) is 0 Å². The number of carbonyl (C=O) groups excluding carboxylic acids is 1. The molecule has 0 aliphatic rings. The summed E-state index contributed by atoms with van der Waals surface area (Å²) in [5.74, 6) is 1.68. The summed E-state index contributed by atoms with van der Waals surface area (Å²) in [5.41, 5.74) is 0. The van der Waals surface area contributed by atoms with Gasteiger partial charge in [-0.1, -0.05) is 13.3 Å². The van der Waals surface area contributed by atoms with Crippen LogP contribution in [0.4, 0.5) is 0 Å². The van der Waals surface area contributed by atoms with Crippen molar-refractivity contribution in [3.63, 3.8) is 0 Å². The number of aliphatic hydroxyl groups excluding tert-OH is 1. The van der Waals surface area contributed by atoms with Gasteiger partial charge in [0.05, 0.1) is 18.4 Å². The van der Waals surface area contributed by atoms with Gasteiger partial charge in [-0.15, -0.1) is 0 Å². The van der Waals surface area contributed by atoms with Gasteiger partial charge in [-0.05, 0) is 19.1 Å². The van der Waals surface area contributed by atoms with E-state index in [-0.39, 0.29) is 18.6 Å². The lowest BCUT2D eigenvalue weighted by Gasteiger charge is -2.22. The van der Waals surface area contributed by atoms with E-state index in [4.69, 9.17) is 5.11 Å². The first-order valence-corrected chi connectivity index (χ1v) is 6.23. The summed E-state index contributed by atoms with van der Waals surface area (Å²) in [5, 5.41) is 8.86. The van der Waals surface area contributed by atoms with Gasteiger partial charge >= 0.3 is 0 Å². The van der Waals surface area contributed by atoms with Crippen LogP contribution in [0.3, 0.4) is 0 Å². The van der Waals surface area contributed by atoms with E-state index in [9.17, 15) is 4.79 Å². The molecular weight excluding hydrogens is 198 g/mol. The van der Waals surface area contributed by atoms with Gasteiger partial charge in [-0.25, -0.2) is 0 Å². The van der Waals surface area contributed by atoms with Crippen LogP contribution in [0.2, 0.25) is 0 Å². The average molecular weight is 219 g/mol. The van der Waals surface area contributed by atoms with E-state index in [1.807, 2.05) is 6.92 Å². The SMILES string of the molecule is CCCCSCC(=O)N(C)C(C)CO. The monoisotopic (exact) mass is 219 g/mol. The molecule has 0 aromatic heterocycles. The minimum Gasteiger partial charge on any atom is -0.394 e. The molecule has 0 aliphatic heterocycles. The van der Waals surface area contributed by atoms with E-state index in [2.05, 4.69) is 6.92 Å². The molecule has 0 aromatic carbocycles. The third kappa shape index (κ3) is 5.50. The summed E-state index contributed by atoms with van der Waals surface area (Å²) in [7, 11) is 1.74. The van der Waals surface area contributed by atoms with Crippen molar-refractivity contribution in [2.75, 3.05) is 25.2 Å². The van der Waals surface area contributed by atoms with Crippen molar-refractivity contribution in [3.05, 3.63) is 0 Å². The molecule has 0 aromatic rings. The lowest BCUT2D eigenvalue weighted by molar-refractivity contribution is -0.129. The number of hydrogen-bond acceptors (Lipinski definition) is 3. The Kier molecular flexibility index (Phi) is 7.99. The van der Waals surface area contributed by atoms with E-state index >= 15 is 0 Å². The Morgan fingerprint density at radius 1 is 1.57 bits per heavy atom. The number of nitrogens with zero attached hydrogens (tertiary/aromatic N) is 1. The van der Waals surface area contributed by atoms with Crippen LogP contribution < -0.4 is 0 Å². The molecule has 4 heteroatoms. The van der Waals surface area contributed by atoms with E-state index in [1.165, 1.54) is 6.42 Å². The minimum atomic E-state index is -0.0747. The number of unbranched alkanes of at least 4 members (excludes halogenated alkanes) is 1. The Balaban J connectivity index is 3.62. The maximum atomic E-state index is 11.5. The zero-order valence-corrected chi connectivity index (χ0v) is 10.1. The highest BCUT2D eigenvalue weighted by Gasteiger charge is 2.13. The minimum absolute atomic E-state index is 0.0296. The number of rotatable bonds is 7. The van der Waals surface area contributed by atoms with Gasteiger partial charge < -0.3 is 10.0 Å². The highest BCUT2D eigenvalue weighted by atomic mass is 32.2. The predicted octanol–water partition coefficient (Wildman–Crippen LogP) is 1.36. The third-order valence-corrected chi connectivity index (χ3v) is 3.21. The van der Waals surface area contributed by atoms with Crippen molar-refractivity contribution < 1.29 is 9.90 Å². The summed E-state index contributed by atoms with van der Waals surface area (Å²) in [6.45, 7) is 4.01. The number of likely N-dealkylation sites (N-methyl/N-ethyl adjacent to an activating group) is 1. The summed E-state index contributed by atoms with van der Waals surface area (Å²) >= 11 is 1.67. The van der Waals surface area contributed by atoms with Crippen molar-refractivity contribution >= 4 is 17.7 Å². The molecule has 0 fully saturated rings. The fraction of sp³-hybridized carbons (Fsp3) is 0.900. The molecule has 0 heterocycles. The third-order valence-electron chi connectivity index (χ3n) is 2.19. The highest BCUT2D eigenvalue weighted by Crippen LogP contribution is 2.06. The molecule has 0 bridgehead atoms. The van der Waals surface area contributed by atoms with Crippen LogP contribution in [0.25, 0.3) is 0 Å². The molecule has 14 heavy (non-hydrogen) atoms. The first-order valence-electron chi connectivity index (χ1n) is 5.07. The second-order valence-corrected chi connectivity index (χ2v) is 4.55. The molecule has 0 rings (SSSR count). The van der Waals surface area contributed by atoms with Crippen LogP contribution in [0, 0.1) is 0 Å². The van der Waals surface area contributed by atoms with E-state index in [0.717, 1.165) is 12.2 Å². The molecular formula is C10H21NO2S. The fourth-order valence-corrected chi connectivity index (χ4v) is 1.89. The van der Waals surface area contributed by atoms with Crippen LogP contribution in [0.5, 0.6) is 0 Å². The number of hydrogen-bond donors (Lipinski definition) is 1. The van der Waals surface area contributed by atoms with Gasteiger partial charge in [-0.2, -0.15) is 11.8 Å². The van der Waals surface area contributed by atoms with E-state index < -0.39 is 0 Å². The number of thioether (sulfide) groups is 1. The second-order valence-electron chi connectivity index (χ2n) is 3.44. The van der Waals surface area contributed by atoms with Crippen molar-refractivity contribution in [2.24, 2.45) is 0 Å². The lowest BCUT2D eigenvalue weighted by Crippen LogP contribution is -2.38. The molecule has 0 spiro atoms. The molecule has 3 nitrogen and oxygen atoms in total. The van der Waals surface area contributed by atoms with Crippen LogP contribution in [0.1, 0.15) is 26.7 Å². The molecule has 0 aliphatic carbocycles. The normalized spacial score (nSPS) is 12.6. The maximum absolute atomic E-state index is 11.5. The van der Waals surface area contributed by atoms with Crippen molar-refractivity contribution in [1.82, 2.24) is 4.90 Å². The van der Waals surface area contributed by atoms with Crippen LogP contribution in [-0.4, -0.2) is 47.1 Å². The first-order chi connectivity index (χ1) is 6.63. The highest BCUT2D eigenvalue weighted by molar-refractivity contribution is 7.99. The smallest absolute Gasteiger partial charge is 0.232 e. The zero-order valence-electron chi connectivity index (χ0n) is 9.32. The topological polar surface area (TPSA) is 40.5 Å². The van der Waals surface area contributed by atoms with E-state index in [1.54, 1.807) is 23.7 Å². The van der Waals surface area contributed by atoms with Gasteiger partial charge in [0.25, 0.3) is 0 Å².